The minimum atomic E-state index is -1.24. The van der Waals surface area contributed by atoms with Gasteiger partial charge in [-0.25, -0.2) is 4.79 Å². The van der Waals surface area contributed by atoms with Gasteiger partial charge in [-0.1, -0.05) is 12.1 Å². The highest BCUT2D eigenvalue weighted by Crippen LogP contribution is 2.37. The Morgan fingerprint density at radius 2 is 2.04 bits per heavy atom. The number of hydrogen-bond donors (Lipinski definition) is 2. The van der Waals surface area contributed by atoms with Crippen LogP contribution in [0.5, 0.6) is 11.5 Å². The van der Waals surface area contributed by atoms with Gasteiger partial charge < -0.3 is 19.9 Å². The first-order valence-electron chi connectivity index (χ1n) is 7.77. The Morgan fingerprint density at radius 3 is 2.63 bits per heavy atom. The molecule has 2 aromatic carbocycles. The first-order chi connectivity index (χ1) is 12.8. The molecule has 6 nitrogen and oxygen atoms in total. The number of carboxylic acids is 1. The van der Waals surface area contributed by atoms with Crippen molar-refractivity contribution < 1.29 is 24.2 Å². The summed E-state index contributed by atoms with van der Waals surface area (Å²) in [5, 5.41) is 11.5. The lowest BCUT2D eigenvalue weighted by molar-refractivity contribution is -0.134. The highest BCUT2D eigenvalue weighted by molar-refractivity contribution is 14.1. The van der Waals surface area contributed by atoms with Crippen molar-refractivity contribution in [2.24, 2.45) is 0 Å². The summed E-state index contributed by atoms with van der Waals surface area (Å²) in [5.41, 5.74) is 1.31. The molecule has 0 aliphatic heterocycles. The van der Waals surface area contributed by atoms with E-state index in [1.807, 2.05) is 24.3 Å². The van der Waals surface area contributed by atoms with Gasteiger partial charge in [0.05, 0.1) is 11.6 Å². The molecule has 2 N–H and O–H groups in total. The lowest BCUT2D eigenvalue weighted by Crippen LogP contribution is -2.24. The van der Waals surface area contributed by atoms with Crippen molar-refractivity contribution in [3.63, 3.8) is 0 Å². The molecule has 0 atom stereocenters. The quantitative estimate of drug-likeness (QED) is 0.402. The Labute approximate surface area is 178 Å². The van der Waals surface area contributed by atoms with Crippen LogP contribution in [-0.2, 0) is 16.2 Å². The zero-order valence-electron chi connectivity index (χ0n) is 14.6. The van der Waals surface area contributed by atoms with E-state index in [0.717, 1.165) is 9.13 Å². The summed E-state index contributed by atoms with van der Waals surface area (Å²) >= 11 is 5.67. The first kappa shape index (κ1) is 21.2. The van der Waals surface area contributed by atoms with Gasteiger partial charge in [-0.05, 0) is 80.0 Å². The molecule has 0 spiro atoms. The maximum Gasteiger partial charge on any atom is 0.352 e. The molecule has 0 aromatic heterocycles. The molecule has 27 heavy (non-hydrogen) atoms. The topological polar surface area (TPSA) is 84.9 Å². The second kappa shape index (κ2) is 9.75. The third kappa shape index (κ3) is 6.24. The van der Waals surface area contributed by atoms with E-state index in [0.29, 0.717) is 28.1 Å². The van der Waals surface area contributed by atoms with Gasteiger partial charge in [0.2, 0.25) is 5.91 Å². The van der Waals surface area contributed by atoms with Gasteiger partial charge in [0, 0.05) is 10.5 Å². The van der Waals surface area contributed by atoms with E-state index >= 15 is 0 Å². The monoisotopic (exact) mass is 545 g/mol. The number of aliphatic carboxylic acids is 1. The third-order valence-electron chi connectivity index (χ3n) is 3.38. The molecule has 0 fully saturated rings. The van der Waals surface area contributed by atoms with Crippen LogP contribution in [0.3, 0.4) is 0 Å². The van der Waals surface area contributed by atoms with Gasteiger partial charge in [-0.15, -0.1) is 0 Å². The summed E-state index contributed by atoms with van der Waals surface area (Å²) in [6.45, 7) is 1.60. The maximum absolute atomic E-state index is 11.3. The zero-order chi connectivity index (χ0) is 20.0. The van der Waals surface area contributed by atoms with Gasteiger partial charge in [-0.2, -0.15) is 0 Å². The van der Waals surface area contributed by atoms with Gasteiger partial charge in [0.1, 0.15) is 12.3 Å². The average Bonchev–Trinajstić information content (AvgIpc) is 2.59. The van der Waals surface area contributed by atoms with Crippen LogP contribution in [0.25, 0.3) is 6.08 Å². The molecule has 0 aliphatic rings. The molecular formula is C19H17BrINO5. The van der Waals surface area contributed by atoms with E-state index in [-0.39, 0.29) is 5.70 Å². The Balaban J connectivity index is 2.30. The van der Waals surface area contributed by atoms with Crippen molar-refractivity contribution in [1.82, 2.24) is 5.32 Å². The Hall–Kier alpha value is -2.07. The highest BCUT2D eigenvalue weighted by atomic mass is 127. The third-order valence-corrected chi connectivity index (χ3v) is 4.64. The van der Waals surface area contributed by atoms with E-state index in [1.54, 1.807) is 12.1 Å². The molecule has 0 unspecified atom stereocenters. The van der Waals surface area contributed by atoms with Gasteiger partial charge in [-0.3, -0.25) is 4.79 Å². The number of carbonyl (C=O) groups excluding carboxylic acids is 1. The van der Waals surface area contributed by atoms with Crippen LogP contribution < -0.4 is 14.8 Å². The molecule has 0 heterocycles. The van der Waals surface area contributed by atoms with Crippen LogP contribution in [0.4, 0.5) is 0 Å². The number of hydrogen-bond acceptors (Lipinski definition) is 4. The van der Waals surface area contributed by atoms with E-state index in [1.165, 1.54) is 20.1 Å². The second-order valence-electron chi connectivity index (χ2n) is 5.50. The Kier molecular flexibility index (Phi) is 7.66. The van der Waals surface area contributed by atoms with Crippen LogP contribution in [0, 0.1) is 3.57 Å². The van der Waals surface area contributed by atoms with Crippen LogP contribution in [0.1, 0.15) is 18.1 Å². The van der Waals surface area contributed by atoms with Crippen molar-refractivity contribution >= 4 is 56.5 Å². The van der Waals surface area contributed by atoms with E-state index in [9.17, 15) is 14.7 Å². The normalized spacial score (nSPS) is 11.0. The zero-order valence-corrected chi connectivity index (χ0v) is 18.3. The maximum atomic E-state index is 11.3. The molecule has 0 aliphatic carbocycles. The van der Waals surface area contributed by atoms with Crippen molar-refractivity contribution in [1.29, 1.82) is 0 Å². The number of ether oxygens (including phenoxy) is 2. The molecule has 0 saturated heterocycles. The number of amides is 1. The summed E-state index contributed by atoms with van der Waals surface area (Å²) in [4.78, 5) is 22.4. The Morgan fingerprint density at radius 1 is 1.30 bits per heavy atom. The second-order valence-corrected chi connectivity index (χ2v) is 7.60. The number of nitrogens with one attached hydrogen (secondary N) is 1. The smallest absolute Gasteiger partial charge is 0.352 e. The molecule has 0 radical (unpaired) electrons. The predicted octanol–water partition coefficient (Wildman–Crippen LogP) is 4.20. The molecule has 0 bridgehead atoms. The fourth-order valence-electron chi connectivity index (χ4n) is 2.25. The van der Waals surface area contributed by atoms with Crippen molar-refractivity contribution in [3.05, 3.63) is 61.3 Å². The minimum Gasteiger partial charge on any atom is -0.493 e. The number of carbonyl (C=O) groups is 2. The van der Waals surface area contributed by atoms with Crippen LogP contribution in [-0.4, -0.2) is 24.1 Å². The highest BCUT2D eigenvalue weighted by Gasteiger charge is 2.14. The van der Waals surface area contributed by atoms with Crippen LogP contribution in [0.15, 0.2) is 46.6 Å². The van der Waals surface area contributed by atoms with E-state index < -0.39 is 11.9 Å². The average molecular weight is 546 g/mol. The minimum absolute atomic E-state index is 0.232. The number of methoxy groups -OCH3 is 1. The van der Waals surface area contributed by atoms with Crippen molar-refractivity contribution in [2.75, 3.05) is 7.11 Å². The molecule has 8 heteroatoms. The summed E-state index contributed by atoms with van der Waals surface area (Å²) in [6.07, 6.45) is 1.35. The summed E-state index contributed by atoms with van der Waals surface area (Å²) in [5.74, 6) is -0.759. The van der Waals surface area contributed by atoms with E-state index in [4.69, 9.17) is 9.47 Å². The van der Waals surface area contributed by atoms with Crippen LogP contribution >= 0.6 is 38.5 Å². The first-order valence-corrected chi connectivity index (χ1v) is 9.64. The number of carboxylic acid groups (broad SMARTS) is 1. The van der Waals surface area contributed by atoms with Gasteiger partial charge in [0.25, 0.3) is 0 Å². The number of rotatable bonds is 7. The molecule has 2 rings (SSSR count). The van der Waals surface area contributed by atoms with Crippen molar-refractivity contribution in [3.8, 4) is 11.5 Å². The standard InChI is InChI=1S/C19H17BrINO5/c1-11(23)22-16(19(24)25)8-13-7-15(20)18(17(9-13)26-2)27-10-12-4-3-5-14(21)6-12/h3-9H,10H2,1-2H3,(H,22,23)(H,24,25)/b16-8+. The van der Waals surface area contributed by atoms with Crippen LogP contribution in [0.2, 0.25) is 0 Å². The van der Waals surface area contributed by atoms with E-state index in [2.05, 4.69) is 43.8 Å². The SMILES string of the molecule is COc1cc(/C=C(/NC(C)=O)C(=O)O)cc(Br)c1OCc1cccc(I)c1. The lowest BCUT2D eigenvalue weighted by atomic mass is 10.1. The fraction of sp³-hybridized carbons (Fsp3) is 0.158. The van der Waals surface area contributed by atoms with Gasteiger partial charge >= 0.3 is 5.97 Å². The number of benzene rings is 2. The molecule has 0 saturated carbocycles. The predicted molar refractivity (Wildman–Crippen MR) is 114 cm³/mol. The Bertz CT molecular complexity index is 898. The molecule has 2 aromatic rings. The summed E-state index contributed by atoms with van der Waals surface area (Å²) < 4.78 is 13.0. The molecule has 1 amide bonds. The summed E-state index contributed by atoms with van der Waals surface area (Å²) in [6, 6.07) is 11.3. The molecule has 142 valence electrons. The largest absolute Gasteiger partial charge is 0.493 e. The van der Waals surface area contributed by atoms with Gasteiger partial charge in [0.15, 0.2) is 11.5 Å². The molecular weight excluding hydrogens is 529 g/mol. The number of halogens is 2. The fourth-order valence-corrected chi connectivity index (χ4v) is 3.43. The lowest BCUT2D eigenvalue weighted by Gasteiger charge is -2.14. The summed E-state index contributed by atoms with van der Waals surface area (Å²) in [7, 11) is 1.50. The van der Waals surface area contributed by atoms with Crippen molar-refractivity contribution in [2.45, 2.75) is 13.5 Å².